The summed E-state index contributed by atoms with van der Waals surface area (Å²) >= 11 is 0. The van der Waals surface area contributed by atoms with Gasteiger partial charge in [0.2, 0.25) is 10.0 Å². The van der Waals surface area contributed by atoms with Crippen molar-refractivity contribution in [1.82, 2.24) is 14.3 Å². The minimum absolute atomic E-state index is 0.0127. The Morgan fingerprint density at radius 1 is 1.09 bits per heavy atom. The molecular formula is C24H27F2N5O2S. The van der Waals surface area contributed by atoms with Crippen molar-refractivity contribution in [2.45, 2.75) is 49.9 Å². The van der Waals surface area contributed by atoms with Crippen molar-refractivity contribution in [2.24, 2.45) is 5.73 Å². The fourth-order valence-corrected chi connectivity index (χ4v) is 6.44. The summed E-state index contributed by atoms with van der Waals surface area (Å²) in [6.45, 7) is 2.70. The normalized spacial score (nSPS) is 18.8. The highest BCUT2D eigenvalue weighted by atomic mass is 32.2. The number of nitrogens with zero attached hydrogens (tertiary/aromatic N) is 3. The van der Waals surface area contributed by atoms with Gasteiger partial charge in [0.05, 0.1) is 11.4 Å². The van der Waals surface area contributed by atoms with Crippen LogP contribution in [0.25, 0.3) is 22.0 Å². The average Bonchev–Trinajstić information content (AvgIpc) is 3.66. The van der Waals surface area contributed by atoms with E-state index in [4.69, 9.17) is 5.73 Å². The Morgan fingerprint density at radius 3 is 2.50 bits per heavy atom. The van der Waals surface area contributed by atoms with Crippen LogP contribution in [0.5, 0.6) is 0 Å². The Hall–Kier alpha value is -2.69. The van der Waals surface area contributed by atoms with Crippen molar-refractivity contribution in [3.63, 3.8) is 0 Å². The van der Waals surface area contributed by atoms with Crippen molar-refractivity contribution in [1.29, 1.82) is 0 Å². The molecule has 10 heteroatoms. The zero-order valence-electron chi connectivity index (χ0n) is 18.8. The number of hydrogen-bond acceptors (Lipinski definition) is 6. The van der Waals surface area contributed by atoms with Gasteiger partial charge in [0, 0.05) is 42.3 Å². The molecule has 3 aromatic rings. The lowest BCUT2D eigenvalue weighted by Gasteiger charge is -2.32. The van der Waals surface area contributed by atoms with Crippen molar-refractivity contribution in [3.8, 4) is 11.1 Å². The molecule has 1 atom stereocenters. The number of rotatable bonds is 6. The molecule has 34 heavy (non-hydrogen) atoms. The highest BCUT2D eigenvalue weighted by molar-refractivity contribution is 7.90. The lowest BCUT2D eigenvalue weighted by Crippen LogP contribution is -2.43. The first kappa shape index (κ1) is 23.1. The molecule has 1 saturated heterocycles. The van der Waals surface area contributed by atoms with Gasteiger partial charge in [-0.25, -0.2) is 26.5 Å². The third-order valence-electron chi connectivity index (χ3n) is 6.60. The summed E-state index contributed by atoms with van der Waals surface area (Å²) in [6.07, 6.45) is 5.39. The van der Waals surface area contributed by atoms with E-state index in [0.717, 1.165) is 24.6 Å². The Morgan fingerprint density at radius 2 is 1.82 bits per heavy atom. The molecule has 2 fully saturated rings. The van der Waals surface area contributed by atoms with Gasteiger partial charge in [-0.05, 0) is 68.0 Å². The molecule has 1 saturated carbocycles. The largest absolute Gasteiger partial charge is 0.367 e. The minimum atomic E-state index is -3.17. The predicted molar refractivity (Wildman–Crippen MR) is 128 cm³/mol. The summed E-state index contributed by atoms with van der Waals surface area (Å²) in [7, 11) is -3.17. The van der Waals surface area contributed by atoms with Crippen LogP contribution < -0.4 is 11.1 Å². The third-order valence-corrected chi connectivity index (χ3v) is 9.00. The van der Waals surface area contributed by atoms with Crippen LogP contribution in [0.3, 0.4) is 0 Å². The van der Waals surface area contributed by atoms with Crippen LogP contribution in [0.4, 0.5) is 14.6 Å². The molecule has 0 amide bonds. The maximum Gasteiger partial charge on any atom is 0.216 e. The van der Waals surface area contributed by atoms with Crippen molar-refractivity contribution in [3.05, 3.63) is 53.9 Å². The van der Waals surface area contributed by atoms with E-state index in [-0.39, 0.29) is 28.4 Å². The van der Waals surface area contributed by atoms with Crippen LogP contribution in [0.15, 0.2) is 36.7 Å². The Labute approximate surface area is 197 Å². The molecule has 1 aliphatic carbocycles. The summed E-state index contributed by atoms with van der Waals surface area (Å²) in [5.74, 6) is -0.662. The summed E-state index contributed by atoms with van der Waals surface area (Å²) in [5, 5.41) is 3.63. The smallest absolute Gasteiger partial charge is 0.216 e. The average molecular weight is 488 g/mol. The second kappa shape index (κ2) is 8.83. The molecule has 1 unspecified atom stereocenters. The summed E-state index contributed by atoms with van der Waals surface area (Å²) in [4.78, 5) is 8.27. The molecule has 0 bridgehead atoms. The number of hydrogen-bond donors (Lipinski definition) is 2. The van der Waals surface area contributed by atoms with E-state index in [9.17, 15) is 17.2 Å². The summed E-state index contributed by atoms with van der Waals surface area (Å²) in [6, 6.07) is 5.94. The topological polar surface area (TPSA) is 101 Å². The number of aromatic nitrogens is 2. The number of benzene rings is 1. The molecule has 1 aliphatic heterocycles. The predicted octanol–water partition coefficient (Wildman–Crippen LogP) is 3.96. The van der Waals surface area contributed by atoms with Crippen molar-refractivity contribution >= 4 is 26.7 Å². The van der Waals surface area contributed by atoms with E-state index in [1.807, 2.05) is 0 Å². The van der Waals surface area contributed by atoms with E-state index in [0.29, 0.717) is 42.7 Å². The summed E-state index contributed by atoms with van der Waals surface area (Å²) in [5.41, 5.74) is 7.55. The number of sulfonamides is 1. The molecule has 7 nitrogen and oxygen atoms in total. The highest BCUT2D eigenvalue weighted by Gasteiger charge is 2.41. The van der Waals surface area contributed by atoms with E-state index >= 15 is 0 Å². The molecular weight excluding hydrogens is 460 g/mol. The number of nitrogens with two attached hydrogens (primary N) is 1. The van der Waals surface area contributed by atoms with Crippen LogP contribution in [0.1, 0.15) is 44.2 Å². The molecule has 180 valence electrons. The van der Waals surface area contributed by atoms with Crippen LogP contribution in [0.2, 0.25) is 0 Å². The van der Waals surface area contributed by atoms with E-state index in [1.165, 1.54) is 12.3 Å². The maximum absolute atomic E-state index is 14.9. The van der Waals surface area contributed by atoms with Crippen LogP contribution in [-0.2, 0) is 10.0 Å². The Kier molecular flexibility index (Phi) is 5.99. The molecule has 2 aromatic heterocycles. The fourth-order valence-electron chi connectivity index (χ4n) is 4.56. The first-order valence-electron chi connectivity index (χ1n) is 11.5. The molecule has 5 rings (SSSR count). The Balaban J connectivity index is 1.38. The zero-order valence-corrected chi connectivity index (χ0v) is 19.7. The zero-order chi connectivity index (χ0) is 24.0. The monoisotopic (exact) mass is 487 g/mol. The number of piperidine rings is 1. The number of fused-ring (bicyclic) bond motifs is 1. The highest BCUT2D eigenvalue weighted by Crippen LogP contribution is 2.34. The maximum atomic E-state index is 14.9. The first-order valence-corrected chi connectivity index (χ1v) is 13.0. The van der Waals surface area contributed by atoms with Crippen LogP contribution in [0, 0.1) is 11.6 Å². The quantitative estimate of drug-likeness (QED) is 0.546. The first-order chi connectivity index (χ1) is 16.2. The second-order valence-electron chi connectivity index (χ2n) is 9.15. The van der Waals surface area contributed by atoms with Gasteiger partial charge in [-0.2, -0.15) is 0 Å². The minimum Gasteiger partial charge on any atom is -0.367 e. The van der Waals surface area contributed by atoms with Gasteiger partial charge >= 0.3 is 0 Å². The lowest BCUT2D eigenvalue weighted by molar-refractivity contribution is 0.329. The van der Waals surface area contributed by atoms with E-state index < -0.39 is 21.7 Å². The molecule has 1 aromatic carbocycles. The van der Waals surface area contributed by atoms with Crippen LogP contribution >= 0.6 is 0 Å². The molecule has 3 N–H and O–H groups in total. The lowest BCUT2D eigenvalue weighted by atomic mass is 9.98. The van der Waals surface area contributed by atoms with Crippen molar-refractivity contribution < 1.29 is 17.2 Å². The SMILES string of the molecule is CC(N)c1ccnc2c(F)cc(-c3cc(NC4CCN(S(=O)(=O)C5CC5)CC4)ncc3F)cc12. The number of anilines is 1. The Bertz CT molecular complexity index is 1340. The molecule has 0 spiro atoms. The van der Waals surface area contributed by atoms with E-state index in [1.54, 1.807) is 29.4 Å². The summed E-state index contributed by atoms with van der Waals surface area (Å²) < 4.78 is 56.1. The van der Waals surface area contributed by atoms with Crippen molar-refractivity contribution in [2.75, 3.05) is 18.4 Å². The molecule has 0 radical (unpaired) electrons. The van der Waals surface area contributed by atoms with Gasteiger partial charge in [-0.3, -0.25) is 4.98 Å². The standard InChI is InChI=1S/C24H27F2N5O2S/c1-14(27)18-4-7-28-24-20(18)10-15(11-21(24)25)19-12-23(29-13-22(19)26)30-16-5-8-31(9-6-16)34(32,33)17-2-3-17/h4,7,10-14,16-17H,2-3,5-6,8-9,27H2,1H3,(H,29,30). The third kappa shape index (κ3) is 4.37. The number of halogens is 2. The number of pyridine rings is 2. The van der Waals surface area contributed by atoms with Crippen LogP contribution in [-0.4, -0.2) is 47.1 Å². The van der Waals surface area contributed by atoms with Gasteiger partial charge in [-0.15, -0.1) is 0 Å². The van der Waals surface area contributed by atoms with Gasteiger partial charge in [0.25, 0.3) is 0 Å². The van der Waals surface area contributed by atoms with Gasteiger partial charge in [-0.1, -0.05) is 0 Å². The fraction of sp³-hybridized carbons (Fsp3) is 0.417. The molecule has 3 heterocycles. The number of nitrogens with one attached hydrogen (secondary N) is 1. The van der Waals surface area contributed by atoms with E-state index in [2.05, 4.69) is 15.3 Å². The van der Waals surface area contributed by atoms with Gasteiger partial charge in [0.15, 0.2) is 0 Å². The second-order valence-corrected chi connectivity index (χ2v) is 11.4. The van der Waals surface area contributed by atoms with Gasteiger partial charge in [0.1, 0.15) is 23.0 Å². The molecule has 2 aliphatic rings. The van der Waals surface area contributed by atoms with Gasteiger partial charge < -0.3 is 11.1 Å².